The van der Waals surface area contributed by atoms with Crippen molar-refractivity contribution in [3.63, 3.8) is 0 Å². The Bertz CT molecular complexity index is 880. The van der Waals surface area contributed by atoms with Crippen molar-refractivity contribution >= 4 is 34.2 Å². The van der Waals surface area contributed by atoms with Gasteiger partial charge >= 0.3 is 6.09 Å². The number of hydrogen-bond acceptors (Lipinski definition) is 6. The summed E-state index contributed by atoms with van der Waals surface area (Å²) >= 11 is 1.39. The highest BCUT2D eigenvalue weighted by atomic mass is 32.1. The zero-order chi connectivity index (χ0) is 19.6. The van der Waals surface area contributed by atoms with E-state index in [1.165, 1.54) is 11.3 Å². The van der Waals surface area contributed by atoms with E-state index in [1.54, 1.807) is 24.7 Å². The lowest BCUT2D eigenvalue weighted by Crippen LogP contribution is -2.32. The van der Waals surface area contributed by atoms with Crippen LogP contribution in [0.2, 0.25) is 0 Å². The fraction of sp³-hybridized carbons (Fsp3) is 0.444. The first-order valence-corrected chi connectivity index (χ1v) is 9.67. The minimum absolute atomic E-state index is 0.170. The number of amides is 3. The maximum absolute atomic E-state index is 12.7. The summed E-state index contributed by atoms with van der Waals surface area (Å²) in [5.74, 6) is -0.942. The summed E-state index contributed by atoms with van der Waals surface area (Å²) in [6.07, 6.45) is 2.82. The lowest BCUT2D eigenvalue weighted by molar-refractivity contribution is 0.0925. The van der Waals surface area contributed by atoms with Crippen molar-refractivity contribution in [2.75, 3.05) is 11.9 Å². The molecule has 0 aliphatic heterocycles. The number of hydrogen-bond donors (Lipinski definition) is 2. The van der Waals surface area contributed by atoms with E-state index in [9.17, 15) is 14.4 Å². The van der Waals surface area contributed by atoms with Crippen LogP contribution in [0.15, 0.2) is 6.07 Å². The van der Waals surface area contributed by atoms with Gasteiger partial charge in [-0.15, -0.1) is 11.3 Å². The number of nitrogens with zero attached hydrogens (tertiary/aromatic N) is 2. The molecule has 0 radical (unpaired) electrons. The molecule has 0 saturated carbocycles. The van der Waals surface area contributed by atoms with E-state index in [2.05, 4.69) is 15.7 Å². The number of imide groups is 1. The third kappa shape index (κ3) is 4.02. The SMILES string of the molecule is CCOC(=O)NC(=O)c1c(NC(=O)c2cc(C)n(C)n2)sc2c1CCCC2. The van der Waals surface area contributed by atoms with Crippen LogP contribution in [-0.4, -0.2) is 34.3 Å². The van der Waals surface area contributed by atoms with Crippen molar-refractivity contribution in [3.05, 3.63) is 33.5 Å². The summed E-state index contributed by atoms with van der Waals surface area (Å²) in [5, 5.41) is 9.65. The van der Waals surface area contributed by atoms with Gasteiger partial charge in [-0.2, -0.15) is 5.10 Å². The molecule has 0 atom stereocenters. The number of fused-ring (bicyclic) bond motifs is 1. The molecule has 3 amide bonds. The van der Waals surface area contributed by atoms with Crippen molar-refractivity contribution in [2.45, 2.75) is 39.5 Å². The van der Waals surface area contributed by atoms with E-state index in [0.29, 0.717) is 10.6 Å². The number of thiophene rings is 1. The van der Waals surface area contributed by atoms with Gasteiger partial charge in [0.15, 0.2) is 5.69 Å². The lowest BCUT2D eigenvalue weighted by Gasteiger charge is -2.12. The molecule has 1 aliphatic rings. The maximum Gasteiger partial charge on any atom is 0.414 e. The highest BCUT2D eigenvalue weighted by Crippen LogP contribution is 2.38. The Labute approximate surface area is 160 Å². The number of nitrogens with one attached hydrogen (secondary N) is 2. The molecule has 2 aromatic heterocycles. The van der Waals surface area contributed by atoms with Crippen molar-refractivity contribution in [2.24, 2.45) is 7.05 Å². The molecule has 27 heavy (non-hydrogen) atoms. The second-order valence-corrected chi connectivity index (χ2v) is 7.44. The fourth-order valence-corrected chi connectivity index (χ4v) is 4.34. The van der Waals surface area contributed by atoms with Crippen LogP contribution >= 0.6 is 11.3 Å². The third-order valence-electron chi connectivity index (χ3n) is 4.46. The Kier molecular flexibility index (Phi) is 5.59. The van der Waals surface area contributed by atoms with Crippen molar-refractivity contribution in [3.8, 4) is 0 Å². The Balaban J connectivity index is 1.90. The highest BCUT2D eigenvalue weighted by Gasteiger charge is 2.28. The summed E-state index contributed by atoms with van der Waals surface area (Å²) in [6.45, 7) is 3.69. The summed E-state index contributed by atoms with van der Waals surface area (Å²) < 4.78 is 6.41. The van der Waals surface area contributed by atoms with Crippen LogP contribution in [-0.2, 0) is 24.6 Å². The largest absolute Gasteiger partial charge is 0.450 e. The van der Waals surface area contributed by atoms with Crippen molar-refractivity contribution in [1.82, 2.24) is 15.1 Å². The van der Waals surface area contributed by atoms with Gasteiger partial charge in [0.05, 0.1) is 12.2 Å². The van der Waals surface area contributed by atoms with Crippen LogP contribution in [0.3, 0.4) is 0 Å². The van der Waals surface area contributed by atoms with E-state index in [4.69, 9.17) is 4.74 Å². The molecular weight excluding hydrogens is 368 g/mol. The van der Waals surface area contributed by atoms with Gasteiger partial charge in [0, 0.05) is 17.6 Å². The molecule has 0 unspecified atom stereocenters. The minimum Gasteiger partial charge on any atom is -0.450 e. The monoisotopic (exact) mass is 390 g/mol. The Morgan fingerprint density at radius 1 is 1.26 bits per heavy atom. The van der Waals surface area contributed by atoms with E-state index >= 15 is 0 Å². The normalized spacial score (nSPS) is 13.0. The average Bonchev–Trinajstić information content (AvgIpc) is 3.14. The molecule has 0 spiro atoms. The van der Waals surface area contributed by atoms with Gasteiger partial charge in [-0.1, -0.05) is 0 Å². The zero-order valence-corrected chi connectivity index (χ0v) is 16.4. The van der Waals surface area contributed by atoms with E-state index < -0.39 is 12.0 Å². The Hall–Kier alpha value is -2.68. The fourth-order valence-electron chi connectivity index (χ4n) is 3.06. The van der Waals surface area contributed by atoms with E-state index in [0.717, 1.165) is 41.8 Å². The molecule has 0 aromatic carbocycles. The second-order valence-electron chi connectivity index (χ2n) is 6.34. The van der Waals surface area contributed by atoms with Gasteiger partial charge in [-0.25, -0.2) is 4.79 Å². The van der Waals surface area contributed by atoms with Gasteiger partial charge in [0.25, 0.3) is 11.8 Å². The molecule has 0 saturated heterocycles. The third-order valence-corrected chi connectivity index (χ3v) is 5.67. The van der Waals surface area contributed by atoms with E-state index in [-0.39, 0.29) is 18.2 Å². The highest BCUT2D eigenvalue weighted by molar-refractivity contribution is 7.17. The molecule has 1 aliphatic carbocycles. The molecule has 3 rings (SSSR count). The summed E-state index contributed by atoms with van der Waals surface area (Å²) in [7, 11) is 1.76. The molecule has 144 valence electrons. The predicted molar refractivity (Wildman–Crippen MR) is 101 cm³/mol. The van der Waals surface area contributed by atoms with Gasteiger partial charge < -0.3 is 10.1 Å². The van der Waals surface area contributed by atoms with Crippen molar-refractivity contribution < 1.29 is 19.1 Å². The topological polar surface area (TPSA) is 102 Å². The average molecular weight is 390 g/mol. The van der Waals surface area contributed by atoms with Gasteiger partial charge in [-0.05, 0) is 51.2 Å². The lowest BCUT2D eigenvalue weighted by atomic mass is 9.95. The molecule has 0 fully saturated rings. The first kappa shape index (κ1) is 19.1. The van der Waals surface area contributed by atoms with Gasteiger partial charge in [0.2, 0.25) is 0 Å². The van der Waals surface area contributed by atoms with Gasteiger partial charge in [-0.3, -0.25) is 19.6 Å². The smallest absolute Gasteiger partial charge is 0.414 e. The predicted octanol–water partition coefficient (Wildman–Crippen LogP) is 2.81. The quantitative estimate of drug-likeness (QED) is 0.836. The molecule has 9 heteroatoms. The standard InChI is InChI=1S/C18H22N4O4S/c1-4-26-18(25)20-16(24)14-11-7-5-6-8-13(11)27-17(14)19-15(23)12-9-10(2)22(3)21-12/h9H,4-8H2,1-3H3,(H,19,23)(H,20,24,25). The number of anilines is 1. The first-order valence-electron chi connectivity index (χ1n) is 8.85. The van der Waals surface area contributed by atoms with Crippen LogP contribution < -0.4 is 10.6 Å². The summed E-state index contributed by atoms with van der Waals surface area (Å²) in [4.78, 5) is 38.0. The molecule has 2 heterocycles. The number of alkyl carbamates (subject to hydrolysis) is 1. The summed E-state index contributed by atoms with van der Waals surface area (Å²) in [5.41, 5.74) is 2.38. The molecular formula is C18H22N4O4S. The van der Waals surface area contributed by atoms with Crippen LogP contribution in [0.5, 0.6) is 0 Å². The zero-order valence-electron chi connectivity index (χ0n) is 15.5. The number of rotatable bonds is 4. The number of ether oxygens (including phenoxy) is 1. The summed E-state index contributed by atoms with van der Waals surface area (Å²) in [6, 6.07) is 1.68. The second kappa shape index (κ2) is 7.91. The number of carbonyl (C=O) groups excluding carboxylic acids is 3. The first-order chi connectivity index (χ1) is 12.9. The molecule has 8 nitrogen and oxygen atoms in total. The molecule has 2 aromatic rings. The Morgan fingerprint density at radius 3 is 2.67 bits per heavy atom. The molecule has 2 N–H and O–H groups in total. The number of aromatic nitrogens is 2. The van der Waals surface area contributed by atoms with Crippen LogP contribution in [0.1, 0.15) is 56.7 Å². The maximum atomic E-state index is 12.7. The Morgan fingerprint density at radius 2 is 2.00 bits per heavy atom. The van der Waals surface area contributed by atoms with Crippen LogP contribution in [0.4, 0.5) is 9.80 Å². The van der Waals surface area contributed by atoms with Crippen LogP contribution in [0.25, 0.3) is 0 Å². The van der Waals surface area contributed by atoms with Crippen molar-refractivity contribution in [1.29, 1.82) is 0 Å². The van der Waals surface area contributed by atoms with E-state index in [1.807, 2.05) is 6.92 Å². The van der Waals surface area contributed by atoms with Crippen LogP contribution in [0, 0.1) is 6.92 Å². The number of carbonyl (C=O) groups is 3. The minimum atomic E-state index is -0.795. The molecule has 0 bridgehead atoms. The number of aryl methyl sites for hydroxylation is 3. The van der Waals surface area contributed by atoms with Gasteiger partial charge in [0.1, 0.15) is 5.00 Å².